The molecule has 0 aliphatic heterocycles. The van der Waals surface area contributed by atoms with Crippen molar-refractivity contribution in [2.75, 3.05) is 13.7 Å². The molecule has 3 atom stereocenters. The Hall–Kier alpha value is -3.01. The number of carbonyl (C=O) groups is 1. The van der Waals surface area contributed by atoms with Crippen LogP contribution in [0.4, 0.5) is 0 Å². The third-order valence-corrected chi connectivity index (χ3v) is 5.89. The summed E-state index contributed by atoms with van der Waals surface area (Å²) in [6.45, 7) is 11.6. The van der Waals surface area contributed by atoms with Crippen LogP contribution < -0.4 is 10.9 Å². The lowest BCUT2D eigenvalue weighted by atomic mass is 10.1. The van der Waals surface area contributed by atoms with E-state index in [4.69, 9.17) is 14.5 Å². The van der Waals surface area contributed by atoms with E-state index in [2.05, 4.69) is 16.8 Å². The van der Waals surface area contributed by atoms with Gasteiger partial charge in [0, 0.05) is 38.0 Å². The third kappa shape index (κ3) is 6.21. The number of fused-ring (bicyclic) bond motifs is 1. The summed E-state index contributed by atoms with van der Waals surface area (Å²) in [7, 11) is 3.39. The van der Waals surface area contributed by atoms with Crippen molar-refractivity contribution < 1.29 is 19.4 Å². The lowest BCUT2D eigenvalue weighted by molar-refractivity contribution is -0.160. The standard InChI is InChI=1S/C27H38N4O5/c1-16-11-20(14-30(7)25(16)33)24-29-21-10-9-19(12-22(21)31(24)17(2)15-35-8)13-28-23(18(3)32)26(34)36-27(4,5)6/h9-12,14,17-18,23,28,32H,13,15H2,1-8H3. The Morgan fingerprint density at radius 1 is 1.22 bits per heavy atom. The summed E-state index contributed by atoms with van der Waals surface area (Å²) in [6.07, 6.45) is 0.874. The molecule has 0 aliphatic rings. The molecule has 0 spiro atoms. The molecule has 3 unspecified atom stereocenters. The van der Waals surface area contributed by atoms with Crippen LogP contribution in [0.25, 0.3) is 22.4 Å². The molecule has 0 radical (unpaired) electrons. The van der Waals surface area contributed by atoms with E-state index in [9.17, 15) is 14.7 Å². The van der Waals surface area contributed by atoms with Crippen molar-refractivity contribution >= 4 is 17.0 Å². The predicted octanol–water partition coefficient (Wildman–Crippen LogP) is 3.10. The van der Waals surface area contributed by atoms with Crippen LogP contribution in [0.3, 0.4) is 0 Å². The highest BCUT2D eigenvalue weighted by molar-refractivity contribution is 5.82. The van der Waals surface area contributed by atoms with Crippen LogP contribution in [0, 0.1) is 6.92 Å². The molecular weight excluding hydrogens is 460 g/mol. The highest BCUT2D eigenvalue weighted by atomic mass is 16.6. The fraction of sp³-hybridized carbons (Fsp3) is 0.519. The number of imidazole rings is 1. The zero-order valence-electron chi connectivity index (χ0n) is 22.5. The maximum atomic E-state index is 12.6. The van der Waals surface area contributed by atoms with Crippen LogP contribution in [0.2, 0.25) is 0 Å². The lowest BCUT2D eigenvalue weighted by Crippen LogP contribution is -2.47. The van der Waals surface area contributed by atoms with Gasteiger partial charge in [0.2, 0.25) is 0 Å². The van der Waals surface area contributed by atoms with Crippen molar-refractivity contribution in [2.45, 2.75) is 71.9 Å². The van der Waals surface area contributed by atoms with Crippen molar-refractivity contribution in [1.82, 2.24) is 19.4 Å². The number of hydrogen-bond donors (Lipinski definition) is 2. The normalized spacial score (nSPS) is 14.6. The quantitative estimate of drug-likeness (QED) is 0.437. The predicted molar refractivity (Wildman–Crippen MR) is 140 cm³/mol. The van der Waals surface area contributed by atoms with E-state index >= 15 is 0 Å². The molecule has 3 aromatic rings. The Morgan fingerprint density at radius 2 is 1.92 bits per heavy atom. The summed E-state index contributed by atoms with van der Waals surface area (Å²) in [6, 6.07) is 6.87. The van der Waals surface area contributed by atoms with Gasteiger partial charge < -0.3 is 23.7 Å². The molecule has 2 heterocycles. The maximum absolute atomic E-state index is 12.6. The lowest BCUT2D eigenvalue weighted by Gasteiger charge is -2.26. The minimum atomic E-state index is -0.921. The van der Waals surface area contributed by atoms with Gasteiger partial charge in [-0.15, -0.1) is 0 Å². The highest BCUT2D eigenvalue weighted by Crippen LogP contribution is 2.29. The Morgan fingerprint density at radius 3 is 2.50 bits per heavy atom. The van der Waals surface area contributed by atoms with E-state index in [1.165, 1.54) is 0 Å². The molecule has 2 N–H and O–H groups in total. The van der Waals surface area contributed by atoms with Crippen molar-refractivity contribution in [3.8, 4) is 11.4 Å². The average Bonchev–Trinajstić information content (AvgIpc) is 3.15. The largest absolute Gasteiger partial charge is 0.459 e. The number of esters is 1. The van der Waals surface area contributed by atoms with Gasteiger partial charge in [0.15, 0.2) is 0 Å². The molecule has 0 amide bonds. The topological polar surface area (TPSA) is 108 Å². The number of aromatic nitrogens is 3. The number of aliphatic hydroxyl groups is 1. The maximum Gasteiger partial charge on any atom is 0.326 e. The fourth-order valence-electron chi connectivity index (χ4n) is 4.26. The molecule has 0 saturated heterocycles. The van der Waals surface area contributed by atoms with E-state index in [1.807, 2.05) is 24.3 Å². The first-order valence-corrected chi connectivity index (χ1v) is 12.1. The number of nitrogens with zero attached hydrogens (tertiary/aromatic N) is 3. The SMILES string of the molecule is COCC(C)n1c(-c2cc(C)c(=O)n(C)c2)nc2ccc(CNC(C(=O)OC(C)(C)C)C(C)O)cc21. The highest BCUT2D eigenvalue weighted by Gasteiger charge is 2.28. The van der Waals surface area contributed by atoms with Crippen molar-refractivity contribution in [3.05, 3.63) is 51.9 Å². The smallest absolute Gasteiger partial charge is 0.326 e. The summed E-state index contributed by atoms with van der Waals surface area (Å²) < 4.78 is 14.6. The number of aliphatic hydroxyl groups excluding tert-OH is 1. The molecule has 0 bridgehead atoms. The summed E-state index contributed by atoms with van der Waals surface area (Å²) in [4.78, 5) is 29.7. The molecule has 1 aromatic carbocycles. The number of ether oxygens (including phenoxy) is 2. The molecule has 9 nitrogen and oxygen atoms in total. The summed E-state index contributed by atoms with van der Waals surface area (Å²) >= 11 is 0. The van der Waals surface area contributed by atoms with Gasteiger partial charge in [-0.2, -0.15) is 0 Å². The van der Waals surface area contributed by atoms with Gasteiger partial charge in [-0.05, 0) is 65.3 Å². The van der Waals surface area contributed by atoms with E-state index in [0.717, 1.165) is 28.0 Å². The number of methoxy groups -OCH3 is 1. The van der Waals surface area contributed by atoms with Gasteiger partial charge in [-0.1, -0.05) is 6.07 Å². The van der Waals surface area contributed by atoms with Crippen LogP contribution >= 0.6 is 0 Å². The second-order valence-corrected chi connectivity index (χ2v) is 10.4. The Kier molecular flexibility index (Phi) is 8.38. The number of nitrogens with one attached hydrogen (secondary N) is 1. The minimum absolute atomic E-state index is 0.0253. The van der Waals surface area contributed by atoms with Crippen molar-refractivity contribution in [3.63, 3.8) is 0 Å². The van der Waals surface area contributed by atoms with Gasteiger partial charge in [-0.25, -0.2) is 4.98 Å². The van der Waals surface area contributed by atoms with Gasteiger partial charge in [-0.3, -0.25) is 14.9 Å². The molecular formula is C27H38N4O5. The number of hydrogen-bond acceptors (Lipinski definition) is 7. The first-order valence-electron chi connectivity index (χ1n) is 12.1. The van der Waals surface area contributed by atoms with Gasteiger partial charge >= 0.3 is 5.97 Å². The van der Waals surface area contributed by atoms with E-state index < -0.39 is 23.7 Å². The minimum Gasteiger partial charge on any atom is -0.459 e. The van der Waals surface area contributed by atoms with E-state index in [-0.39, 0.29) is 11.6 Å². The zero-order chi connectivity index (χ0) is 26.8. The van der Waals surface area contributed by atoms with Gasteiger partial charge in [0.05, 0.1) is 29.8 Å². The molecule has 9 heteroatoms. The molecule has 0 saturated carbocycles. The van der Waals surface area contributed by atoms with Crippen LogP contribution in [0.15, 0.2) is 35.3 Å². The van der Waals surface area contributed by atoms with Crippen LogP contribution in [-0.4, -0.2) is 56.7 Å². The first kappa shape index (κ1) is 27.6. The van der Waals surface area contributed by atoms with E-state index in [1.54, 1.807) is 59.5 Å². The molecule has 3 rings (SSSR count). The zero-order valence-corrected chi connectivity index (χ0v) is 22.5. The van der Waals surface area contributed by atoms with E-state index in [0.29, 0.717) is 18.7 Å². The Bertz CT molecular complexity index is 1260. The second-order valence-electron chi connectivity index (χ2n) is 10.4. The monoisotopic (exact) mass is 498 g/mol. The molecule has 0 fully saturated rings. The molecule has 196 valence electrons. The van der Waals surface area contributed by atoms with Crippen LogP contribution in [0.5, 0.6) is 0 Å². The fourth-order valence-corrected chi connectivity index (χ4v) is 4.26. The second kappa shape index (κ2) is 10.9. The summed E-state index contributed by atoms with van der Waals surface area (Å²) in [5.41, 5.74) is 3.43. The van der Waals surface area contributed by atoms with Crippen molar-refractivity contribution in [1.29, 1.82) is 0 Å². The number of benzene rings is 1. The Balaban J connectivity index is 2.00. The first-order chi connectivity index (χ1) is 16.8. The van der Waals surface area contributed by atoms with Crippen LogP contribution in [-0.2, 0) is 27.9 Å². The molecule has 2 aromatic heterocycles. The summed E-state index contributed by atoms with van der Waals surface area (Å²) in [5.74, 6) is 0.249. The van der Waals surface area contributed by atoms with Gasteiger partial charge in [0.1, 0.15) is 17.5 Å². The number of rotatable bonds is 9. The number of pyridine rings is 1. The summed E-state index contributed by atoms with van der Waals surface area (Å²) in [5, 5.41) is 13.3. The van der Waals surface area contributed by atoms with Crippen LogP contribution in [0.1, 0.15) is 51.8 Å². The molecule has 36 heavy (non-hydrogen) atoms. The average molecular weight is 499 g/mol. The van der Waals surface area contributed by atoms with Gasteiger partial charge in [0.25, 0.3) is 5.56 Å². The van der Waals surface area contributed by atoms with Crippen molar-refractivity contribution in [2.24, 2.45) is 7.05 Å². The number of aryl methyl sites for hydroxylation is 2. The Labute approximate surface area is 212 Å². The number of carbonyl (C=O) groups excluding carboxylic acids is 1. The molecule has 0 aliphatic carbocycles. The third-order valence-electron chi connectivity index (χ3n) is 5.89.